The molecule has 1 unspecified atom stereocenters. The van der Waals surface area contributed by atoms with Gasteiger partial charge in [-0.05, 0) is 90.9 Å². The second-order valence-corrected chi connectivity index (χ2v) is 8.22. The van der Waals surface area contributed by atoms with Crippen LogP contribution in [0.15, 0.2) is 12.1 Å². The van der Waals surface area contributed by atoms with Crippen LogP contribution in [-0.4, -0.2) is 13.8 Å². The van der Waals surface area contributed by atoms with Gasteiger partial charge < -0.3 is 4.74 Å². The van der Waals surface area contributed by atoms with E-state index < -0.39 is 0 Å². The molecular weight excluding hydrogens is 287 g/mol. The molecule has 1 aromatic rings. The predicted molar refractivity (Wildman–Crippen MR) is 90.5 cm³/mol. The van der Waals surface area contributed by atoms with E-state index in [9.17, 15) is 4.39 Å². The average molecular weight is 315 g/mol. The van der Waals surface area contributed by atoms with Crippen molar-refractivity contribution in [2.45, 2.75) is 57.8 Å². The van der Waals surface area contributed by atoms with Gasteiger partial charge >= 0.3 is 0 Å². The maximum Gasteiger partial charge on any atom is 0.127 e. The van der Waals surface area contributed by atoms with E-state index in [1.807, 2.05) is 0 Å². The summed E-state index contributed by atoms with van der Waals surface area (Å²) in [6.45, 7) is 2.27. The Bertz CT molecular complexity index is 583. The SMILES string of the molecule is COc1[c]cc2c(c1)[C@H]1CC[C@]3(C)C(CF)CCC[C@H]3[C@@H]1CC2. The fourth-order valence-electron chi connectivity index (χ4n) is 6.16. The maximum absolute atomic E-state index is 13.6. The average Bonchev–Trinajstić information content (AvgIpc) is 2.59. The van der Waals surface area contributed by atoms with Gasteiger partial charge in [-0.2, -0.15) is 0 Å². The molecule has 2 fully saturated rings. The zero-order chi connectivity index (χ0) is 16.0. The molecule has 0 aromatic heterocycles. The zero-order valence-corrected chi connectivity index (χ0v) is 14.4. The monoisotopic (exact) mass is 315 g/mol. The minimum absolute atomic E-state index is 0.121. The molecule has 1 aromatic carbocycles. The second-order valence-electron chi connectivity index (χ2n) is 8.22. The van der Waals surface area contributed by atoms with E-state index in [1.165, 1.54) is 43.2 Å². The molecule has 23 heavy (non-hydrogen) atoms. The van der Waals surface area contributed by atoms with E-state index >= 15 is 0 Å². The summed E-state index contributed by atoms with van der Waals surface area (Å²) in [6, 6.07) is 7.62. The van der Waals surface area contributed by atoms with E-state index in [2.05, 4.69) is 25.1 Å². The van der Waals surface area contributed by atoms with E-state index in [-0.39, 0.29) is 12.1 Å². The number of hydrogen-bond acceptors (Lipinski definition) is 1. The van der Waals surface area contributed by atoms with Crippen molar-refractivity contribution in [1.82, 2.24) is 0 Å². The number of aryl methyl sites for hydroxylation is 1. The molecule has 4 rings (SSSR count). The molecule has 0 bridgehead atoms. The van der Waals surface area contributed by atoms with Gasteiger partial charge in [-0.3, -0.25) is 4.39 Å². The fraction of sp³-hybridized carbons (Fsp3) is 0.714. The van der Waals surface area contributed by atoms with E-state index in [0.717, 1.165) is 24.5 Å². The van der Waals surface area contributed by atoms with Crippen molar-refractivity contribution in [3.05, 3.63) is 29.3 Å². The van der Waals surface area contributed by atoms with Crippen LogP contribution in [0.3, 0.4) is 0 Å². The van der Waals surface area contributed by atoms with Crippen molar-refractivity contribution in [3.8, 4) is 5.75 Å². The number of methoxy groups -OCH3 is 1. The molecule has 0 heterocycles. The predicted octanol–water partition coefficient (Wildman–Crippen LogP) is 5.33. The summed E-state index contributed by atoms with van der Waals surface area (Å²) < 4.78 is 19.1. The van der Waals surface area contributed by atoms with Crippen LogP contribution in [0.1, 0.15) is 62.5 Å². The zero-order valence-electron chi connectivity index (χ0n) is 14.4. The first kappa shape index (κ1) is 15.5. The summed E-state index contributed by atoms with van der Waals surface area (Å²) in [6.07, 6.45) is 8.46. The summed E-state index contributed by atoms with van der Waals surface area (Å²) in [4.78, 5) is 0. The minimum atomic E-state index is -0.121. The first-order chi connectivity index (χ1) is 11.2. The first-order valence-electron chi connectivity index (χ1n) is 9.32. The second kappa shape index (κ2) is 5.79. The van der Waals surface area contributed by atoms with Crippen LogP contribution in [0.4, 0.5) is 4.39 Å². The number of fused-ring (bicyclic) bond motifs is 5. The van der Waals surface area contributed by atoms with Crippen LogP contribution in [-0.2, 0) is 6.42 Å². The van der Waals surface area contributed by atoms with Crippen LogP contribution >= 0.6 is 0 Å². The number of rotatable bonds is 2. The lowest BCUT2D eigenvalue weighted by atomic mass is 9.48. The molecule has 5 atom stereocenters. The van der Waals surface area contributed by atoms with Gasteiger partial charge in [-0.1, -0.05) is 13.3 Å². The van der Waals surface area contributed by atoms with Crippen LogP contribution in [0.5, 0.6) is 5.75 Å². The number of ether oxygens (including phenoxy) is 1. The highest BCUT2D eigenvalue weighted by Crippen LogP contribution is 2.61. The van der Waals surface area contributed by atoms with Gasteiger partial charge in [0.1, 0.15) is 5.75 Å². The van der Waals surface area contributed by atoms with Crippen molar-refractivity contribution >= 4 is 0 Å². The molecular formula is C21H28FO. The van der Waals surface area contributed by atoms with Gasteiger partial charge in [0.25, 0.3) is 0 Å². The van der Waals surface area contributed by atoms with Gasteiger partial charge in [-0.15, -0.1) is 0 Å². The van der Waals surface area contributed by atoms with Crippen molar-refractivity contribution in [3.63, 3.8) is 0 Å². The Morgan fingerprint density at radius 1 is 1.30 bits per heavy atom. The Morgan fingerprint density at radius 2 is 2.17 bits per heavy atom. The van der Waals surface area contributed by atoms with Gasteiger partial charge in [0.15, 0.2) is 0 Å². The Labute approximate surface area is 139 Å². The van der Waals surface area contributed by atoms with Crippen LogP contribution in [0.25, 0.3) is 0 Å². The van der Waals surface area contributed by atoms with E-state index in [0.29, 0.717) is 17.8 Å². The topological polar surface area (TPSA) is 9.23 Å². The minimum Gasteiger partial charge on any atom is -0.496 e. The van der Waals surface area contributed by atoms with Crippen molar-refractivity contribution in [1.29, 1.82) is 0 Å². The molecule has 0 aliphatic heterocycles. The third-order valence-corrected chi connectivity index (χ3v) is 7.47. The quantitative estimate of drug-likeness (QED) is 0.717. The first-order valence-corrected chi connectivity index (χ1v) is 9.32. The summed E-state index contributed by atoms with van der Waals surface area (Å²) in [5, 5.41) is 0. The number of alkyl halides is 1. The molecule has 0 amide bonds. The summed E-state index contributed by atoms with van der Waals surface area (Å²) in [7, 11) is 1.73. The molecule has 0 N–H and O–H groups in total. The van der Waals surface area contributed by atoms with Crippen LogP contribution < -0.4 is 4.74 Å². The Kier molecular flexibility index (Phi) is 3.90. The van der Waals surface area contributed by atoms with Gasteiger partial charge in [0.2, 0.25) is 0 Å². The van der Waals surface area contributed by atoms with Crippen molar-refractivity contribution in [2.75, 3.05) is 13.8 Å². The molecule has 0 saturated heterocycles. The number of halogens is 1. The summed E-state index contributed by atoms with van der Waals surface area (Å²) >= 11 is 0. The van der Waals surface area contributed by atoms with Crippen molar-refractivity contribution < 1.29 is 9.13 Å². The normalized spacial score (nSPS) is 39.1. The molecule has 3 aliphatic rings. The Hall–Kier alpha value is -1.05. The highest BCUT2D eigenvalue weighted by atomic mass is 19.1. The lowest BCUT2D eigenvalue weighted by Crippen LogP contribution is -2.49. The summed E-state index contributed by atoms with van der Waals surface area (Å²) in [5.74, 6) is 3.26. The lowest BCUT2D eigenvalue weighted by molar-refractivity contribution is -0.0571. The molecule has 2 heteroatoms. The lowest BCUT2D eigenvalue weighted by Gasteiger charge is -2.57. The molecule has 1 radical (unpaired) electrons. The van der Waals surface area contributed by atoms with Crippen LogP contribution in [0.2, 0.25) is 0 Å². The fourth-order valence-corrected chi connectivity index (χ4v) is 6.16. The van der Waals surface area contributed by atoms with E-state index in [1.54, 1.807) is 7.11 Å². The smallest absolute Gasteiger partial charge is 0.127 e. The van der Waals surface area contributed by atoms with Gasteiger partial charge in [0, 0.05) is 6.07 Å². The van der Waals surface area contributed by atoms with Crippen LogP contribution in [0, 0.1) is 29.2 Å². The highest BCUT2D eigenvalue weighted by Gasteiger charge is 2.52. The Morgan fingerprint density at radius 3 is 2.96 bits per heavy atom. The highest BCUT2D eigenvalue weighted by molar-refractivity contribution is 5.40. The molecule has 1 nitrogen and oxygen atoms in total. The standard InChI is InChI=1S/C21H28FO/c1-21-11-10-17-18(20(21)5-3-4-15(21)13-22)9-7-14-6-8-16(23-2)12-19(14)17/h6,12,15,17-18,20H,3-5,7,9-11,13H2,1-2H3/t15?,17-,18+,20-,21+/m0/s1. The largest absolute Gasteiger partial charge is 0.496 e. The maximum atomic E-state index is 13.6. The number of benzene rings is 1. The third-order valence-electron chi connectivity index (χ3n) is 7.47. The number of hydrogen-bond donors (Lipinski definition) is 0. The van der Waals surface area contributed by atoms with E-state index in [4.69, 9.17) is 4.74 Å². The molecule has 0 spiro atoms. The Balaban J connectivity index is 1.68. The molecule has 2 saturated carbocycles. The molecule has 3 aliphatic carbocycles. The van der Waals surface area contributed by atoms with Gasteiger partial charge in [0.05, 0.1) is 13.8 Å². The third kappa shape index (κ3) is 2.32. The summed E-state index contributed by atoms with van der Waals surface area (Å²) in [5.41, 5.74) is 3.20. The molecule has 125 valence electrons. The van der Waals surface area contributed by atoms with Crippen molar-refractivity contribution in [2.24, 2.45) is 23.2 Å². The van der Waals surface area contributed by atoms with Gasteiger partial charge in [-0.25, -0.2) is 0 Å².